The fourth-order valence-electron chi connectivity index (χ4n) is 3.87. The molecule has 0 aromatic carbocycles. The van der Waals surface area contributed by atoms with Gasteiger partial charge in [-0.05, 0) is 31.7 Å². The molecule has 30 heavy (non-hydrogen) atoms. The number of hydrogen-bond acceptors (Lipinski definition) is 7. The van der Waals surface area contributed by atoms with E-state index >= 15 is 0 Å². The molecule has 1 aliphatic rings. The van der Waals surface area contributed by atoms with Gasteiger partial charge in [-0.1, -0.05) is 0 Å². The topological polar surface area (TPSA) is 87.7 Å². The van der Waals surface area contributed by atoms with Crippen molar-refractivity contribution in [3.63, 3.8) is 0 Å². The number of fused-ring (bicyclic) bond motifs is 2. The van der Waals surface area contributed by atoms with Gasteiger partial charge >= 0.3 is 0 Å². The number of alkyl halides is 2. The van der Waals surface area contributed by atoms with Crippen molar-refractivity contribution in [3.8, 4) is 11.3 Å². The van der Waals surface area contributed by atoms with Gasteiger partial charge in [0.15, 0.2) is 11.5 Å². The third-order valence-electron chi connectivity index (χ3n) is 5.37. The van der Waals surface area contributed by atoms with E-state index in [1.807, 2.05) is 18.2 Å². The number of halogens is 2. The molecular weight excluding hydrogens is 392 g/mol. The van der Waals surface area contributed by atoms with Crippen LogP contribution in [0.5, 0.6) is 0 Å². The number of nitrogens with zero attached hydrogens (tertiary/aromatic N) is 7. The first-order valence-corrected chi connectivity index (χ1v) is 9.65. The van der Waals surface area contributed by atoms with Gasteiger partial charge in [0.2, 0.25) is 5.95 Å². The van der Waals surface area contributed by atoms with Crippen molar-refractivity contribution in [1.29, 1.82) is 0 Å². The maximum atomic E-state index is 14.4. The second-order valence-corrected chi connectivity index (χ2v) is 7.49. The summed E-state index contributed by atoms with van der Waals surface area (Å²) < 4.78 is 32.2. The summed E-state index contributed by atoms with van der Waals surface area (Å²) in [5.41, 5.74) is 3.01. The van der Waals surface area contributed by atoms with E-state index in [0.29, 0.717) is 24.3 Å². The van der Waals surface area contributed by atoms with E-state index in [1.165, 1.54) is 0 Å². The molecule has 4 aromatic heterocycles. The van der Waals surface area contributed by atoms with Crippen LogP contribution in [-0.2, 0) is 0 Å². The van der Waals surface area contributed by atoms with Gasteiger partial charge in [-0.15, -0.1) is 5.10 Å². The Morgan fingerprint density at radius 1 is 1.13 bits per heavy atom. The van der Waals surface area contributed by atoms with Crippen LogP contribution in [0.2, 0.25) is 0 Å². The first-order valence-electron chi connectivity index (χ1n) is 9.65. The fourth-order valence-corrected chi connectivity index (χ4v) is 3.87. The van der Waals surface area contributed by atoms with Crippen molar-refractivity contribution in [2.75, 3.05) is 37.8 Å². The molecule has 1 aliphatic heterocycles. The van der Waals surface area contributed by atoms with Gasteiger partial charge in [-0.2, -0.15) is 10.1 Å². The van der Waals surface area contributed by atoms with E-state index in [4.69, 9.17) is 0 Å². The number of hydrogen-bond donors (Lipinski definition) is 2. The summed E-state index contributed by atoms with van der Waals surface area (Å²) >= 11 is 0. The first kappa shape index (κ1) is 18.7. The van der Waals surface area contributed by atoms with E-state index in [0.717, 1.165) is 16.9 Å². The summed E-state index contributed by atoms with van der Waals surface area (Å²) in [5.74, 6) is -2.19. The summed E-state index contributed by atoms with van der Waals surface area (Å²) in [6.45, 7) is 0.298. The van der Waals surface area contributed by atoms with Gasteiger partial charge < -0.3 is 15.5 Å². The van der Waals surface area contributed by atoms with Crippen molar-refractivity contribution in [1.82, 2.24) is 34.1 Å². The molecule has 0 spiro atoms. The second-order valence-electron chi connectivity index (χ2n) is 7.49. The van der Waals surface area contributed by atoms with Crippen molar-refractivity contribution in [3.05, 3.63) is 36.8 Å². The van der Waals surface area contributed by atoms with Gasteiger partial charge in [-0.3, -0.25) is 0 Å². The molecule has 1 fully saturated rings. The Kier molecular flexibility index (Phi) is 4.28. The fraction of sp³-hybridized carbons (Fsp3) is 0.368. The molecule has 4 aromatic rings. The molecule has 0 amide bonds. The molecule has 5 heterocycles. The van der Waals surface area contributed by atoms with E-state index in [-0.39, 0.29) is 12.5 Å². The minimum atomic E-state index is -2.86. The minimum Gasteiger partial charge on any atom is -0.371 e. The van der Waals surface area contributed by atoms with Crippen LogP contribution in [0.4, 0.5) is 20.5 Å². The van der Waals surface area contributed by atoms with E-state index in [1.54, 1.807) is 46.6 Å². The summed E-state index contributed by atoms with van der Waals surface area (Å²) in [4.78, 5) is 10.3. The number of aromatic nitrogens is 6. The third kappa shape index (κ3) is 3.11. The molecule has 9 nitrogen and oxygen atoms in total. The lowest BCUT2D eigenvalue weighted by atomic mass is 10.0. The molecule has 0 saturated carbocycles. The number of likely N-dealkylation sites (tertiary alicyclic amines) is 1. The highest BCUT2D eigenvalue weighted by atomic mass is 19.3. The number of piperidine rings is 1. The van der Waals surface area contributed by atoms with Gasteiger partial charge in [0.25, 0.3) is 5.92 Å². The SMILES string of the molecule is CNc1nc(N[C@H]2CCN(C)CC2(F)F)nn2ccc(-c3ccc4nccn4n3)c12. The number of rotatable bonds is 4. The van der Waals surface area contributed by atoms with Crippen LogP contribution in [0.25, 0.3) is 22.4 Å². The zero-order chi connectivity index (χ0) is 20.9. The van der Waals surface area contributed by atoms with Crippen LogP contribution in [-0.4, -0.2) is 73.2 Å². The normalized spacial score (nSPS) is 19.4. The van der Waals surface area contributed by atoms with Crippen LogP contribution in [0.3, 0.4) is 0 Å². The highest BCUT2D eigenvalue weighted by Crippen LogP contribution is 2.31. The molecule has 156 valence electrons. The molecule has 1 saturated heterocycles. The molecule has 1 atom stereocenters. The average molecular weight is 413 g/mol. The number of imidazole rings is 1. The quantitative estimate of drug-likeness (QED) is 0.531. The van der Waals surface area contributed by atoms with Crippen LogP contribution < -0.4 is 10.6 Å². The molecule has 0 unspecified atom stereocenters. The lowest BCUT2D eigenvalue weighted by molar-refractivity contribution is -0.0675. The Hall–Kier alpha value is -3.34. The Balaban J connectivity index is 1.53. The van der Waals surface area contributed by atoms with Gasteiger partial charge in [0.05, 0.1) is 18.3 Å². The molecule has 0 radical (unpaired) electrons. The summed E-state index contributed by atoms with van der Waals surface area (Å²) in [6, 6.07) is 4.62. The van der Waals surface area contributed by atoms with Crippen LogP contribution in [0.1, 0.15) is 6.42 Å². The molecule has 0 aliphatic carbocycles. The average Bonchev–Trinajstić information content (AvgIpc) is 3.35. The zero-order valence-corrected chi connectivity index (χ0v) is 16.5. The predicted molar refractivity (Wildman–Crippen MR) is 109 cm³/mol. The monoisotopic (exact) mass is 413 g/mol. The maximum Gasteiger partial charge on any atom is 0.280 e. The largest absolute Gasteiger partial charge is 0.371 e. The zero-order valence-electron chi connectivity index (χ0n) is 16.5. The Morgan fingerprint density at radius 2 is 2.00 bits per heavy atom. The predicted octanol–water partition coefficient (Wildman–Crippen LogP) is 2.23. The number of anilines is 2. The van der Waals surface area contributed by atoms with E-state index in [2.05, 4.69) is 30.8 Å². The second kappa shape index (κ2) is 6.87. The van der Waals surface area contributed by atoms with Crippen molar-refractivity contribution < 1.29 is 8.78 Å². The molecular formula is C19H21F2N9. The van der Waals surface area contributed by atoms with Crippen molar-refractivity contribution >= 4 is 22.9 Å². The number of nitrogens with one attached hydrogen (secondary N) is 2. The molecule has 2 N–H and O–H groups in total. The third-order valence-corrected chi connectivity index (χ3v) is 5.37. The standard InChI is InChI=1S/C19H21F2N9/c1-22-17-16-12(13-3-4-15-23-7-10-29(15)26-13)5-9-30(16)27-18(25-17)24-14-6-8-28(2)11-19(14,20)21/h3-5,7,9-10,14H,6,8,11H2,1-2H3,(H2,22,24,25,27)/t14-/m0/s1. The molecule has 11 heteroatoms. The first-order chi connectivity index (χ1) is 14.4. The van der Waals surface area contributed by atoms with Crippen LogP contribution >= 0.6 is 0 Å². The minimum absolute atomic E-state index is 0.154. The van der Waals surface area contributed by atoms with Gasteiger partial charge in [0.1, 0.15) is 5.52 Å². The highest BCUT2D eigenvalue weighted by molar-refractivity contribution is 5.87. The van der Waals surface area contributed by atoms with Crippen molar-refractivity contribution in [2.24, 2.45) is 0 Å². The summed E-state index contributed by atoms with van der Waals surface area (Å²) in [6.07, 6.45) is 5.54. The Bertz CT molecular complexity index is 1220. The summed E-state index contributed by atoms with van der Waals surface area (Å²) in [7, 11) is 3.43. The van der Waals surface area contributed by atoms with Crippen LogP contribution in [0, 0.1) is 0 Å². The molecule has 0 bridgehead atoms. The van der Waals surface area contributed by atoms with E-state index in [9.17, 15) is 8.78 Å². The maximum absolute atomic E-state index is 14.4. The lowest BCUT2D eigenvalue weighted by Crippen LogP contribution is -2.53. The lowest BCUT2D eigenvalue weighted by Gasteiger charge is -2.36. The molecule has 5 rings (SSSR count). The Labute approximate surface area is 170 Å². The van der Waals surface area contributed by atoms with Crippen molar-refractivity contribution in [2.45, 2.75) is 18.4 Å². The van der Waals surface area contributed by atoms with Crippen LogP contribution in [0.15, 0.2) is 36.8 Å². The van der Waals surface area contributed by atoms with Gasteiger partial charge in [0, 0.05) is 37.7 Å². The van der Waals surface area contributed by atoms with Gasteiger partial charge in [-0.25, -0.2) is 22.8 Å². The highest BCUT2D eigenvalue weighted by Gasteiger charge is 2.44. The summed E-state index contributed by atoms with van der Waals surface area (Å²) in [5, 5.41) is 14.9. The Morgan fingerprint density at radius 3 is 2.80 bits per heavy atom. The smallest absolute Gasteiger partial charge is 0.280 e. The van der Waals surface area contributed by atoms with E-state index < -0.39 is 12.0 Å².